The minimum atomic E-state index is -0.170. The summed E-state index contributed by atoms with van der Waals surface area (Å²) in [5.74, 6) is 0.690. The van der Waals surface area contributed by atoms with Crippen molar-refractivity contribution in [3.8, 4) is 5.75 Å². The van der Waals surface area contributed by atoms with Gasteiger partial charge in [-0.25, -0.2) is 4.39 Å². The molecule has 0 bridgehead atoms. The molecule has 0 aliphatic carbocycles. The van der Waals surface area contributed by atoms with Crippen LogP contribution in [0.1, 0.15) is 31.7 Å². The Morgan fingerprint density at radius 3 is 3.12 bits per heavy atom. The quantitative estimate of drug-likeness (QED) is 0.850. The van der Waals surface area contributed by atoms with Gasteiger partial charge in [0.1, 0.15) is 17.7 Å². The molecule has 0 saturated heterocycles. The van der Waals surface area contributed by atoms with Crippen molar-refractivity contribution in [2.75, 3.05) is 7.05 Å². The molecule has 0 fully saturated rings. The Labute approximate surface area is 102 Å². The third-order valence-corrected chi connectivity index (χ3v) is 3.42. The second-order valence-electron chi connectivity index (χ2n) is 4.82. The number of hydrogen-bond donors (Lipinski definition) is 1. The van der Waals surface area contributed by atoms with Crippen LogP contribution in [0, 0.1) is 5.82 Å². The Kier molecular flexibility index (Phi) is 4.00. The van der Waals surface area contributed by atoms with Crippen LogP contribution < -0.4 is 10.1 Å². The highest BCUT2D eigenvalue weighted by molar-refractivity contribution is 5.37. The molecule has 1 aromatic rings. The lowest BCUT2D eigenvalue weighted by atomic mass is 10.0. The van der Waals surface area contributed by atoms with Gasteiger partial charge in [-0.15, -0.1) is 0 Å². The number of halogens is 1. The van der Waals surface area contributed by atoms with E-state index in [4.69, 9.17) is 4.74 Å². The Morgan fingerprint density at radius 2 is 2.35 bits per heavy atom. The summed E-state index contributed by atoms with van der Waals surface area (Å²) in [6, 6.07) is 5.34. The molecule has 3 heteroatoms. The van der Waals surface area contributed by atoms with Crippen LogP contribution in [0.25, 0.3) is 0 Å². The average Bonchev–Trinajstić information content (AvgIpc) is 2.70. The van der Waals surface area contributed by atoms with Gasteiger partial charge in [0, 0.05) is 18.0 Å². The van der Waals surface area contributed by atoms with Gasteiger partial charge in [-0.1, -0.05) is 0 Å². The summed E-state index contributed by atoms with van der Waals surface area (Å²) in [5.41, 5.74) is 1.01. The molecule has 2 rings (SSSR count). The van der Waals surface area contributed by atoms with Crippen LogP contribution in [-0.4, -0.2) is 19.2 Å². The number of hydrogen-bond acceptors (Lipinski definition) is 2. The van der Waals surface area contributed by atoms with E-state index in [-0.39, 0.29) is 11.9 Å². The maximum Gasteiger partial charge on any atom is 0.123 e. The van der Waals surface area contributed by atoms with Gasteiger partial charge in [-0.3, -0.25) is 0 Å². The van der Waals surface area contributed by atoms with Crippen molar-refractivity contribution < 1.29 is 9.13 Å². The molecule has 1 aliphatic rings. The number of ether oxygens (including phenoxy) is 1. The molecule has 1 aromatic carbocycles. The zero-order valence-electron chi connectivity index (χ0n) is 10.5. The van der Waals surface area contributed by atoms with Crippen LogP contribution in [0.4, 0.5) is 4.39 Å². The molecule has 2 unspecified atom stereocenters. The summed E-state index contributed by atoms with van der Waals surface area (Å²) >= 11 is 0. The molecule has 94 valence electrons. The van der Waals surface area contributed by atoms with Crippen molar-refractivity contribution in [3.05, 3.63) is 29.6 Å². The predicted molar refractivity (Wildman–Crippen MR) is 66.9 cm³/mol. The number of benzene rings is 1. The van der Waals surface area contributed by atoms with Crippen molar-refractivity contribution in [2.24, 2.45) is 0 Å². The first-order valence-electron chi connectivity index (χ1n) is 6.31. The van der Waals surface area contributed by atoms with Crippen LogP contribution in [0.5, 0.6) is 5.75 Å². The van der Waals surface area contributed by atoms with E-state index in [1.165, 1.54) is 6.07 Å². The average molecular weight is 237 g/mol. The predicted octanol–water partition coefficient (Wildman–Crippen LogP) is 2.91. The van der Waals surface area contributed by atoms with Crippen molar-refractivity contribution in [2.45, 2.75) is 44.8 Å². The van der Waals surface area contributed by atoms with E-state index in [9.17, 15) is 4.39 Å². The molecular formula is C14H20FNO. The molecule has 0 saturated carbocycles. The zero-order valence-corrected chi connectivity index (χ0v) is 10.5. The molecule has 1 heterocycles. The van der Waals surface area contributed by atoms with E-state index < -0.39 is 0 Å². The monoisotopic (exact) mass is 237 g/mol. The van der Waals surface area contributed by atoms with Gasteiger partial charge in [-0.05, 0) is 51.4 Å². The highest BCUT2D eigenvalue weighted by Gasteiger charge is 2.22. The van der Waals surface area contributed by atoms with Gasteiger partial charge in [-0.2, -0.15) is 0 Å². The van der Waals surface area contributed by atoms with Crippen molar-refractivity contribution in [3.63, 3.8) is 0 Å². The maximum atomic E-state index is 13.0. The molecule has 2 atom stereocenters. The zero-order chi connectivity index (χ0) is 12.3. The van der Waals surface area contributed by atoms with E-state index in [2.05, 4.69) is 12.2 Å². The Balaban J connectivity index is 1.80. The minimum Gasteiger partial charge on any atom is -0.490 e. The summed E-state index contributed by atoms with van der Waals surface area (Å²) in [6.07, 6.45) is 4.42. The summed E-state index contributed by atoms with van der Waals surface area (Å²) in [6.45, 7) is 2.18. The third-order valence-electron chi connectivity index (χ3n) is 3.42. The molecule has 0 spiro atoms. The molecule has 1 aliphatic heterocycles. The minimum absolute atomic E-state index is 0.170. The summed E-state index contributed by atoms with van der Waals surface area (Å²) in [5, 5.41) is 3.22. The summed E-state index contributed by atoms with van der Waals surface area (Å²) in [7, 11) is 1.98. The second-order valence-corrected chi connectivity index (χ2v) is 4.82. The van der Waals surface area contributed by atoms with E-state index >= 15 is 0 Å². The van der Waals surface area contributed by atoms with Crippen LogP contribution in [0.3, 0.4) is 0 Å². The van der Waals surface area contributed by atoms with Crippen molar-refractivity contribution in [1.29, 1.82) is 0 Å². The fourth-order valence-electron chi connectivity index (χ4n) is 2.25. The maximum absolute atomic E-state index is 13.0. The van der Waals surface area contributed by atoms with Gasteiger partial charge in [0.25, 0.3) is 0 Å². The van der Waals surface area contributed by atoms with E-state index in [1.54, 1.807) is 12.1 Å². The fraction of sp³-hybridized carbons (Fsp3) is 0.571. The summed E-state index contributed by atoms with van der Waals surface area (Å²) < 4.78 is 18.8. The lowest BCUT2D eigenvalue weighted by Gasteiger charge is -2.13. The van der Waals surface area contributed by atoms with Gasteiger partial charge < -0.3 is 10.1 Å². The Bertz CT molecular complexity index is 380. The van der Waals surface area contributed by atoms with Crippen LogP contribution >= 0.6 is 0 Å². The first-order chi connectivity index (χ1) is 8.19. The van der Waals surface area contributed by atoms with E-state index in [1.807, 2.05) is 7.05 Å². The van der Waals surface area contributed by atoms with E-state index in [0.29, 0.717) is 6.04 Å². The Morgan fingerprint density at radius 1 is 1.53 bits per heavy atom. The van der Waals surface area contributed by atoms with Crippen molar-refractivity contribution in [1.82, 2.24) is 5.32 Å². The smallest absolute Gasteiger partial charge is 0.123 e. The lowest BCUT2D eigenvalue weighted by molar-refractivity contribution is 0.215. The lowest BCUT2D eigenvalue weighted by Crippen LogP contribution is -2.22. The van der Waals surface area contributed by atoms with E-state index in [0.717, 1.165) is 37.0 Å². The molecule has 0 radical (unpaired) electrons. The fourth-order valence-corrected chi connectivity index (χ4v) is 2.25. The Hall–Kier alpha value is -1.09. The molecule has 17 heavy (non-hydrogen) atoms. The molecular weight excluding hydrogens is 217 g/mol. The van der Waals surface area contributed by atoms with Crippen LogP contribution in [0.15, 0.2) is 18.2 Å². The van der Waals surface area contributed by atoms with Crippen LogP contribution in [-0.2, 0) is 6.42 Å². The van der Waals surface area contributed by atoms with Gasteiger partial charge >= 0.3 is 0 Å². The number of fused-ring (bicyclic) bond motifs is 1. The van der Waals surface area contributed by atoms with Gasteiger partial charge in [0.05, 0.1) is 0 Å². The normalized spacial score (nSPS) is 19.8. The van der Waals surface area contributed by atoms with Gasteiger partial charge in [0.2, 0.25) is 0 Å². The molecule has 0 aromatic heterocycles. The van der Waals surface area contributed by atoms with Crippen molar-refractivity contribution >= 4 is 0 Å². The third kappa shape index (κ3) is 3.19. The van der Waals surface area contributed by atoms with Gasteiger partial charge in [0.15, 0.2) is 0 Å². The molecule has 2 nitrogen and oxygen atoms in total. The standard InChI is InChI=1S/C14H20FNO/c1-10(16-2)4-3-5-13-9-11-8-12(15)6-7-14(11)17-13/h6-8,10,13,16H,3-5,9H2,1-2H3. The first kappa shape index (κ1) is 12.4. The second kappa shape index (κ2) is 5.50. The number of rotatable bonds is 5. The highest BCUT2D eigenvalue weighted by atomic mass is 19.1. The molecule has 0 amide bonds. The summed E-state index contributed by atoms with van der Waals surface area (Å²) in [4.78, 5) is 0. The SMILES string of the molecule is CNC(C)CCCC1Cc2cc(F)ccc2O1. The highest BCUT2D eigenvalue weighted by Crippen LogP contribution is 2.31. The van der Waals surface area contributed by atoms with Crippen LogP contribution in [0.2, 0.25) is 0 Å². The number of nitrogens with one attached hydrogen (secondary N) is 1. The first-order valence-corrected chi connectivity index (χ1v) is 6.31. The molecule has 1 N–H and O–H groups in total. The largest absolute Gasteiger partial charge is 0.490 e. The topological polar surface area (TPSA) is 21.3 Å².